The number of oxime groups is 1. The molecule has 2 aromatic carbocycles. The number of nitrogens with one attached hydrogen (secondary N) is 1. The minimum atomic E-state index is -0.235. The van der Waals surface area contributed by atoms with E-state index in [1.807, 2.05) is 0 Å². The third-order valence-corrected chi connectivity index (χ3v) is 8.61. The maximum atomic E-state index is 13.3. The van der Waals surface area contributed by atoms with Crippen molar-refractivity contribution in [3.63, 3.8) is 0 Å². The van der Waals surface area contributed by atoms with E-state index in [0.29, 0.717) is 11.8 Å². The largest absolute Gasteiger partial charge is 0.399 e. The molecule has 0 heterocycles. The number of halogens is 1. The Balaban J connectivity index is 1.43. The number of nitrogens with zero attached hydrogens (tertiary/aromatic N) is 1. The lowest BCUT2D eigenvalue weighted by Crippen LogP contribution is -2.52. The van der Waals surface area contributed by atoms with E-state index in [2.05, 4.69) is 56.4 Å². The van der Waals surface area contributed by atoms with Crippen LogP contribution in [0.3, 0.4) is 0 Å². The van der Waals surface area contributed by atoms with Gasteiger partial charge in [-0.05, 0) is 82.7 Å². The van der Waals surface area contributed by atoms with E-state index in [9.17, 15) is 4.39 Å². The summed E-state index contributed by atoms with van der Waals surface area (Å²) in [5.41, 5.74) is 6.94. The van der Waals surface area contributed by atoms with Gasteiger partial charge in [0.1, 0.15) is 12.9 Å². The number of rotatable bonds is 8. The summed E-state index contributed by atoms with van der Waals surface area (Å²) in [6.45, 7) is 11.4. The van der Waals surface area contributed by atoms with Crippen LogP contribution < -0.4 is 5.32 Å². The van der Waals surface area contributed by atoms with Crippen molar-refractivity contribution in [2.45, 2.75) is 77.6 Å². The minimum absolute atomic E-state index is 0.235. The van der Waals surface area contributed by atoms with Crippen LogP contribution in [0.2, 0.25) is 0 Å². The second-order valence-electron chi connectivity index (χ2n) is 11.2. The average Bonchev–Trinajstić information content (AvgIpc) is 2.81. The summed E-state index contributed by atoms with van der Waals surface area (Å²) in [5.74, 6) is 1.03. The third-order valence-electron chi connectivity index (χ3n) is 8.61. The highest BCUT2D eigenvalue weighted by Gasteiger charge is 2.51. The molecule has 2 aliphatic carbocycles. The molecule has 4 rings (SSSR count). The Morgan fingerprint density at radius 3 is 2.62 bits per heavy atom. The minimum Gasteiger partial charge on any atom is -0.399 e. The summed E-state index contributed by atoms with van der Waals surface area (Å²) in [7, 11) is 1.56. The SMILES string of the molecule is CO/N=C(/CCNCC1(C)CCCC2(C)c3ccc(C(C)C)cc3CCC12)c1ccc(F)cc1. The van der Waals surface area contributed by atoms with Gasteiger partial charge in [0.25, 0.3) is 0 Å². The third kappa shape index (κ3) is 4.93. The Bertz CT molecular complexity index is 1010. The lowest BCUT2D eigenvalue weighted by Gasteiger charge is -2.55. The van der Waals surface area contributed by atoms with Crippen molar-refractivity contribution in [2.24, 2.45) is 16.5 Å². The first-order chi connectivity index (χ1) is 16.3. The molecule has 0 aromatic heterocycles. The van der Waals surface area contributed by atoms with Crippen LogP contribution in [0.4, 0.5) is 4.39 Å². The van der Waals surface area contributed by atoms with Crippen molar-refractivity contribution in [3.05, 3.63) is 70.5 Å². The standard InChI is InChI=1S/C30H41FN2O/c1-21(2)23-9-13-26-24(19-23)10-14-28-29(3,16-6-17-30(26,28)4)20-32-18-15-27(33-34-5)22-7-11-25(31)12-8-22/h7-9,11-13,19,21,28,32H,6,10,14-18,20H2,1-5H3/b33-27-. The molecule has 3 nitrogen and oxygen atoms in total. The highest BCUT2D eigenvalue weighted by Crippen LogP contribution is 2.57. The molecule has 2 aromatic rings. The Morgan fingerprint density at radius 2 is 1.91 bits per heavy atom. The van der Waals surface area contributed by atoms with E-state index in [4.69, 9.17) is 4.84 Å². The summed E-state index contributed by atoms with van der Waals surface area (Å²) in [6.07, 6.45) is 7.06. The van der Waals surface area contributed by atoms with Gasteiger partial charge in [-0.3, -0.25) is 0 Å². The molecule has 4 heteroatoms. The Hall–Kier alpha value is -2.20. The molecular formula is C30H41FN2O. The first-order valence-corrected chi connectivity index (χ1v) is 13.0. The fourth-order valence-corrected chi connectivity index (χ4v) is 6.79. The first kappa shape index (κ1) is 24.9. The number of hydrogen-bond donors (Lipinski definition) is 1. The quantitative estimate of drug-likeness (QED) is 0.259. The Kier molecular flexibility index (Phi) is 7.47. The maximum Gasteiger partial charge on any atom is 0.123 e. The van der Waals surface area contributed by atoms with Gasteiger partial charge in [-0.15, -0.1) is 0 Å². The molecule has 184 valence electrons. The number of aryl methyl sites for hydroxylation is 1. The lowest BCUT2D eigenvalue weighted by atomic mass is 9.49. The zero-order valence-electron chi connectivity index (χ0n) is 21.6. The van der Waals surface area contributed by atoms with Gasteiger partial charge in [0, 0.05) is 19.5 Å². The molecular weight excluding hydrogens is 423 g/mol. The number of fused-ring (bicyclic) bond motifs is 3. The summed E-state index contributed by atoms with van der Waals surface area (Å²) in [5, 5.41) is 7.95. The zero-order valence-corrected chi connectivity index (χ0v) is 21.6. The van der Waals surface area contributed by atoms with Crippen molar-refractivity contribution in [3.8, 4) is 0 Å². The highest BCUT2D eigenvalue weighted by molar-refractivity contribution is 6.00. The van der Waals surface area contributed by atoms with Gasteiger partial charge in [-0.25, -0.2) is 4.39 Å². The number of hydrogen-bond acceptors (Lipinski definition) is 3. The molecule has 1 N–H and O–H groups in total. The van der Waals surface area contributed by atoms with Crippen LogP contribution in [0, 0.1) is 17.2 Å². The monoisotopic (exact) mass is 464 g/mol. The second kappa shape index (κ2) is 10.2. The van der Waals surface area contributed by atoms with Crippen molar-refractivity contribution >= 4 is 5.71 Å². The van der Waals surface area contributed by atoms with E-state index in [1.54, 1.807) is 30.4 Å². The molecule has 0 bridgehead atoms. The van der Waals surface area contributed by atoms with E-state index in [1.165, 1.54) is 49.8 Å². The topological polar surface area (TPSA) is 33.6 Å². The first-order valence-electron chi connectivity index (χ1n) is 13.0. The summed E-state index contributed by atoms with van der Waals surface area (Å²) < 4.78 is 13.3. The number of benzene rings is 2. The fourth-order valence-electron chi connectivity index (χ4n) is 6.79. The fraction of sp³-hybridized carbons (Fsp3) is 0.567. The molecule has 0 aliphatic heterocycles. The van der Waals surface area contributed by atoms with Gasteiger partial charge in [-0.2, -0.15) is 0 Å². The van der Waals surface area contributed by atoms with Gasteiger partial charge in [0.2, 0.25) is 0 Å². The average molecular weight is 465 g/mol. The summed E-state index contributed by atoms with van der Waals surface area (Å²) in [4.78, 5) is 5.06. The predicted molar refractivity (Wildman–Crippen MR) is 139 cm³/mol. The van der Waals surface area contributed by atoms with Crippen LogP contribution in [-0.2, 0) is 16.7 Å². The van der Waals surface area contributed by atoms with Crippen molar-refractivity contribution in [2.75, 3.05) is 20.2 Å². The van der Waals surface area contributed by atoms with E-state index in [0.717, 1.165) is 30.8 Å². The molecule has 2 aliphatic rings. The van der Waals surface area contributed by atoms with Gasteiger partial charge in [0.15, 0.2) is 0 Å². The van der Waals surface area contributed by atoms with E-state index < -0.39 is 0 Å². The highest BCUT2D eigenvalue weighted by atomic mass is 19.1. The normalized spacial score (nSPS) is 26.8. The van der Waals surface area contributed by atoms with Crippen LogP contribution in [0.15, 0.2) is 47.6 Å². The molecule has 3 atom stereocenters. The van der Waals surface area contributed by atoms with Crippen molar-refractivity contribution in [1.82, 2.24) is 5.32 Å². The molecule has 34 heavy (non-hydrogen) atoms. The maximum absolute atomic E-state index is 13.3. The molecule has 0 spiro atoms. The molecule has 0 saturated heterocycles. The van der Waals surface area contributed by atoms with Gasteiger partial charge >= 0.3 is 0 Å². The molecule has 1 fully saturated rings. The molecule has 3 unspecified atom stereocenters. The van der Waals surface area contributed by atoms with E-state index in [-0.39, 0.29) is 16.6 Å². The van der Waals surface area contributed by atoms with Crippen LogP contribution in [0.5, 0.6) is 0 Å². The Morgan fingerprint density at radius 1 is 1.15 bits per heavy atom. The predicted octanol–water partition coefficient (Wildman–Crippen LogP) is 6.99. The van der Waals surface area contributed by atoms with Gasteiger partial charge < -0.3 is 10.2 Å². The second-order valence-corrected chi connectivity index (χ2v) is 11.2. The summed E-state index contributed by atoms with van der Waals surface area (Å²) >= 11 is 0. The summed E-state index contributed by atoms with van der Waals surface area (Å²) in [6, 6.07) is 13.8. The van der Waals surface area contributed by atoms with E-state index >= 15 is 0 Å². The molecule has 0 amide bonds. The van der Waals surface area contributed by atoms with Crippen LogP contribution in [-0.4, -0.2) is 25.9 Å². The van der Waals surface area contributed by atoms with Crippen molar-refractivity contribution in [1.29, 1.82) is 0 Å². The van der Waals surface area contributed by atoms with Crippen LogP contribution in [0.25, 0.3) is 0 Å². The molecule has 0 radical (unpaired) electrons. The lowest BCUT2D eigenvalue weighted by molar-refractivity contribution is 0.0262. The van der Waals surface area contributed by atoms with Crippen LogP contribution >= 0.6 is 0 Å². The van der Waals surface area contributed by atoms with Crippen LogP contribution in [0.1, 0.15) is 88.0 Å². The zero-order chi connectivity index (χ0) is 24.3. The Labute approximate surface area is 205 Å². The van der Waals surface area contributed by atoms with Gasteiger partial charge in [-0.1, -0.05) is 69.6 Å². The van der Waals surface area contributed by atoms with Crippen molar-refractivity contribution < 1.29 is 9.23 Å². The molecule has 1 saturated carbocycles. The smallest absolute Gasteiger partial charge is 0.123 e. The van der Waals surface area contributed by atoms with Gasteiger partial charge in [0.05, 0.1) is 5.71 Å².